The predicted octanol–water partition coefficient (Wildman–Crippen LogP) is 4.42. The monoisotopic (exact) mass is 176 g/mol. The molecule has 0 amide bonds. The highest BCUT2D eigenvalue weighted by molar-refractivity contribution is 5.17. The molecule has 0 saturated heterocycles. The second kappa shape index (κ2) is 6.47. The van der Waals surface area contributed by atoms with Crippen LogP contribution >= 0.6 is 0 Å². The van der Waals surface area contributed by atoms with E-state index in [1.54, 1.807) is 0 Å². The lowest BCUT2D eigenvalue weighted by Crippen LogP contribution is -1.79. The van der Waals surface area contributed by atoms with Crippen LogP contribution in [0.4, 0.5) is 0 Å². The fourth-order valence-electron chi connectivity index (χ4n) is 0.884. The maximum atomic E-state index is 3.97. The average molecular weight is 176 g/mol. The zero-order valence-corrected chi connectivity index (χ0v) is 8.90. The Morgan fingerprint density at radius 2 is 1.62 bits per heavy atom. The van der Waals surface area contributed by atoms with Crippen LogP contribution in [0.25, 0.3) is 0 Å². The summed E-state index contributed by atoms with van der Waals surface area (Å²) in [7, 11) is 0. The molecule has 0 aliphatic carbocycles. The maximum absolute atomic E-state index is 3.97. The Bertz CT molecular complexity index is 228. The molecule has 0 heterocycles. The van der Waals surface area contributed by atoms with Crippen LogP contribution in [-0.2, 0) is 0 Å². The molecule has 0 spiro atoms. The summed E-state index contributed by atoms with van der Waals surface area (Å²) in [6.07, 6.45) is 7.20. The molecule has 0 nitrogen and oxygen atoms in total. The largest absolute Gasteiger partial charge is 0.100 e. The van der Waals surface area contributed by atoms with E-state index in [1.807, 2.05) is 13.8 Å². The topological polar surface area (TPSA) is 0 Å². The second-order valence-electron chi connectivity index (χ2n) is 3.68. The van der Waals surface area contributed by atoms with E-state index in [2.05, 4.69) is 31.9 Å². The minimum absolute atomic E-state index is 0.950. The molecular weight excluding hydrogens is 156 g/mol. The molecule has 0 radical (unpaired) electrons. The van der Waals surface area contributed by atoms with E-state index in [0.29, 0.717) is 0 Å². The van der Waals surface area contributed by atoms with Gasteiger partial charge in [-0.3, -0.25) is 0 Å². The zero-order valence-electron chi connectivity index (χ0n) is 8.90. The first-order chi connectivity index (χ1) is 6.02. The molecule has 0 saturated carbocycles. The molecule has 0 bridgehead atoms. The predicted molar refractivity (Wildman–Crippen MR) is 61.8 cm³/mol. The molecular formula is C13H20. The van der Waals surface area contributed by atoms with Crippen LogP contribution in [-0.4, -0.2) is 0 Å². The number of allylic oxidation sites excluding steroid dienone is 5. The minimum atomic E-state index is 0.950. The quantitative estimate of drug-likeness (QED) is 0.415. The minimum Gasteiger partial charge on any atom is -0.100 e. The number of hydrogen-bond acceptors (Lipinski definition) is 0. The van der Waals surface area contributed by atoms with Crippen LogP contribution in [0.5, 0.6) is 0 Å². The van der Waals surface area contributed by atoms with Gasteiger partial charge in [-0.05, 0) is 33.1 Å². The first-order valence-electron chi connectivity index (χ1n) is 4.65. The van der Waals surface area contributed by atoms with Gasteiger partial charge in [0.25, 0.3) is 0 Å². The van der Waals surface area contributed by atoms with Crippen molar-refractivity contribution in [1.82, 2.24) is 0 Å². The van der Waals surface area contributed by atoms with Crippen LogP contribution in [0, 0.1) is 0 Å². The van der Waals surface area contributed by atoms with Crippen molar-refractivity contribution in [1.29, 1.82) is 0 Å². The second-order valence-corrected chi connectivity index (χ2v) is 3.68. The summed E-state index contributed by atoms with van der Waals surface area (Å²) in [6.45, 7) is 15.7. The molecule has 0 aliphatic rings. The normalized spacial score (nSPS) is 10.3. The molecule has 0 aromatic heterocycles. The van der Waals surface area contributed by atoms with Crippen LogP contribution in [0.1, 0.15) is 33.1 Å². The van der Waals surface area contributed by atoms with Gasteiger partial charge in [0.1, 0.15) is 0 Å². The van der Waals surface area contributed by atoms with Crippen LogP contribution < -0.4 is 0 Å². The van der Waals surface area contributed by atoms with E-state index < -0.39 is 0 Å². The van der Waals surface area contributed by atoms with E-state index in [-0.39, 0.29) is 0 Å². The molecule has 0 fully saturated rings. The smallest absolute Gasteiger partial charge is 0.0141 e. The summed E-state index contributed by atoms with van der Waals surface area (Å²) < 4.78 is 0. The van der Waals surface area contributed by atoms with Gasteiger partial charge >= 0.3 is 0 Å². The molecule has 0 aromatic carbocycles. The summed E-state index contributed by atoms with van der Waals surface area (Å²) >= 11 is 0. The Hall–Kier alpha value is -1.04. The van der Waals surface area contributed by atoms with Crippen LogP contribution in [0.2, 0.25) is 0 Å². The van der Waals surface area contributed by atoms with Crippen molar-refractivity contribution in [3.8, 4) is 0 Å². The van der Waals surface area contributed by atoms with Gasteiger partial charge in [-0.15, -0.1) is 6.58 Å². The molecule has 0 rings (SSSR count). The average Bonchev–Trinajstić information content (AvgIpc) is 2.00. The Morgan fingerprint density at radius 3 is 2.08 bits per heavy atom. The van der Waals surface area contributed by atoms with E-state index in [0.717, 1.165) is 19.3 Å². The third-order valence-corrected chi connectivity index (χ3v) is 1.69. The van der Waals surface area contributed by atoms with Crippen molar-refractivity contribution in [2.24, 2.45) is 0 Å². The van der Waals surface area contributed by atoms with Crippen molar-refractivity contribution < 1.29 is 0 Å². The highest BCUT2D eigenvalue weighted by atomic mass is 14.0. The van der Waals surface area contributed by atoms with Crippen molar-refractivity contribution in [2.75, 3.05) is 0 Å². The van der Waals surface area contributed by atoms with Gasteiger partial charge in [0, 0.05) is 0 Å². The zero-order chi connectivity index (χ0) is 10.3. The van der Waals surface area contributed by atoms with Gasteiger partial charge < -0.3 is 0 Å². The standard InChI is InChI=1S/C13H20/c1-11(2)7-6-8-13(5)10-9-12(3)4/h6,8H,1,3,5,7,9-10H2,2,4H3. The highest BCUT2D eigenvalue weighted by Crippen LogP contribution is 2.10. The summed E-state index contributed by atoms with van der Waals surface area (Å²) in [4.78, 5) is 0. The van der Waals surface area contributed by atoms with E-state index in [9.17, 15) is 0 Å². The third kappa shape index (κ3) is 8.87. The molecule has 0 aliphatic heterocycles. The van der Waals surface area contributed by atoms with Gasteiger partial charge in [0.15, 0.2) is 0 Å². The van der Waals surface area contributed by atoms with Crippen molar-refractivity contribution in [3.63, 3.8) is 0 Å². The summed E-state index contributed by atoms with van der Waals surface area (Å²) in [5, 5.41) is 0. The third-order valence-electron chi connectivity index (χ3n) is 1.69. The van der Waals surface area contributed by atoms with Gasteiger partial charge in [-0.25, -0.2) is 0 Å². The SMILES string of the molecule is C=C(C)CC=CC(=C)CCC(=C)C. The lowest BCUT2D eigenvalue weighted by Gasteiger charge is -1.99. The molecule has 0 heteroatoms. The van der Waals surface area contributed by atoms with Gasteiger partial charge in [0.2, 0.25) is 0 Å². The number of rotatable bonds is 6. The van der Waals surface area contributed by atoms with Gasteiger partial charge in [-0.1, -0.05) is 42.0 Å². The molecule has 0 atom stereocenters. The number of hydrogen-bond donors (Lipinski definition) is 0. The summed E-state index contributed by atoms with van der Waals surface area (Å²) in [5.41, 5.74) is 3.57. The fourth-order valence-corrected chi connectivity index (χ4v) is 0.884. The van der Waals surface area contributed by atoms with E-state index in [4.69, 9.17) is 0 Å². The Kier molecular flexibility index (Phi) is 5.96. The Morgan fingerprint density at radius 1 is 1.00 bits per heavy atom. The lowest BCUT2D eigenvalue weighted by atomic mass is 10.1. The molecule has 72 valence electrons. The summed E-state index contributed by atoms with van der Waals surface area (Å²) in [5.74, 6) is 0. The van der Waals surface area contributed by atoms with Crippen molar-refractivity contribution in [3.05, 3.63) is 48.6 Å². The molecule has 0 N–H and O–H groups in total. The maximum Gasteiger partial charge on any atom is -0.0141 e. The highest BCUT2D eigenvalue weighted by Gasteiger charge is 1.90. The van der Waals surface area contributed by atoms with E-state index >= 15 is 0 Å². The first kappa shape index (κ1) is 12.0. The van der Waals surface area contributed by atoms with Gasteiger partial charge in [-0.2, -0.15) is 0 Å². The molecule has 0 aromatic rings. The van der Waals surface area contributed by atoms with Crippen LogP contribution in [0.3, 0.4) is 0 Å². The molecule has 13 heavy (non-hydrogen) atoms. The summed E-state index contributed by atoms with van der Waals surface area (Å²) in [6, 6.07) is 0. The van der Waals surface area contributed by atoms with E-state index in [1.165, 1.54) is 16.7 Å². The molecule has 0 unspecified atom stereocenters. The first-order valence-corrected chi connectivity index (χ1v) is 4.65. The lowest BCUT2D eigenvalue weighted by molar-refractivity contribution is 0.952. The van der Waals surface area contributed by atoms with Crippen molar-refractivity contribution >= 4 is 0 Å². The Labute approximate surface area is 82.4 Å². The Balaban J connectivity index is 3.67. The van der Waals surface area contributed by atoms with Crippen LogP contribution in [0.15, 0.2) is 48.6 Å². The van der Waals surface area contributed by atoms with Gasteiger partial charge in [0.05, 0.1) is 0 Å². The van der Waals surface area contributed by atoms with Crippen molar-refractivity contribution in [2.45, 2.75) is 33.1 Å². The fraction of sp³-hybridized carbons (Fsp3) is 0.385.